The molecule has 0 unspecified atom stereocenters. The van der Waals surface area contributed by atoms with Gasteiger partial charge in [-0.2, -0.15) is 0 Å². The maximum Gasteiger partial charge on any atom is 0.145 e. The fraction of sp³-hybridized carbons (Fsp3) is 0.235. The van der Waals surface area contributed by atoms with Crippen molar-refractivity contribution in [3.05, 3.63) is 65.2 Å². The van der Waals surface area contributed by atoms with E-state index in [0.717, 1.165) is 36.7 Å². The van der Waals surface area contributed by atoms with E-state index in [1.54, 1.807) is 12.1 Å². The molecule has 0 bridgehead atoms. The van der Waals surface area contributed by atoms with Crippen molar-refractivity contribution in [2.45, 2.75) is 6.42 Å². The van der Waals surface area contributed by atoms with Crippen molar-refractivity contribution < 1.29 is 4.74 Å². The molecule has 2 aromatic rings. The zero-order chi connectivity index (χ0) is 14.7. The van der Waals surface area contributed by atoms with Crippen molar-refractivity contribution in [3.63, 3.8) is 0 Å². The van der Waals surface area contributed by atoms with Crippen molar-refractivity contribution in [1.29, 1.82) is 0 Å². The minimum atomic E-state index is 0.777. The average molecular weight is 281 g/mol. The van der Waals surface area contributed by atoms with Gasteiger partial charge in [-0.15, -0.1) is 0 Å². The van der Waals surface area contributed by atoms with E-state index in [1.807, 2.05) is 12.1 Å². The van der Waals surface area contributed by atoms with E-state index < -0.39 is 0 Å². The molecule has 21 heavy (non-hydrogen) atoms. The van der Waals surface area contributed by atoms with Crippen molar-refractivity contribution in [2.24, 2.45) is 10.8 Å². The molecule has 0 fully saturated rings. The first kappa shape index (κ1) is 13.6. The molecule has 0 atom stereocenters. The second kappa shape index (κ2) is 5.97. The summed E-state index contributed by atoms with van der Waals surface area (Å²) in [5, 5.41) is 1.71. The highest BCUT2D eigenvalue weighted by atomic mass is 16.5. The van der Waals surface area contributed by atoms with Gasteiger partial charge in [0.05, 0.1) is 20.2 Å². The highest BCUT2D eigenvalue weighted by molar-refractivity contribution is 5.99. The Morgan fingerprint density at radius 1 is 1.05 bits per heavy atom. The molecule has 1 heterocycles. The number of methoxy groups -OCH3 is 1. The predicted octanol–water partition coefficient (Wildman–Crippen LogP) is 2.22. The zero-order valence-corrected chi connectivity index (χ0v) is 12.1. The van der Waals surface area contributed by atoms with E-state index in [0.29, 0.717) is 0 Å². The van der Waals surface area contributed by atoms with Gasteiger partial charge >= 0.3 is 0 Å². The third kappa shape index (κ3) is 3.06. The summed E-state index contributed by atoms with van der Waals surface area (Å²) in [4.78, 5) is 4.42. The van der Waals surface area contributed by atoms with E-state index in [-0.39, 0.29) is 0 Å². The summed E-state index contributed by atoms with van der Waals surface area (Å²) < 4.78 is 5.17. The van der Waals surface area contributed by atoms with Crippen LogP contribution in [0.25, 0.3) is 0 Å². The van der Waals surface area contributed by atoms with Crippen LogP contribution in [0.2, 0.25) is 0 Å². The number of nitrogens with zero attached hydrogens (tertiary/aromatic N) is 2. The summed E-state index contributed by atoms with van der Waals surface area (Å²) >= 11 is 0. The Morgan fingerprint density at radius 3 is 2.19 bits per heavy atom. The molecule has 0 radical (unpaired) electrons. The van der Waals surface area contributed by atoms with Gasteiger partial charge in [-0.1, -0.05) is 36.4 Å². The van der Waals surface area contributed by atoms with Crippen LogP contribution in [-0.2, 0) is 6.42 Å². The molecule has 0 spiro atoms. The quantitative estimate of drug-likeness (QED) is 0.874. The molecule has 4 nitrogen and oxygen atoms in total. The Balaban J connectivity index is 1.72. The molecule has 3 rings (SSSR count). The number of benzene rings is 2. The number of rotatable bonds is 4. The highest BCUT2D eigenvalue weighted by Gasteiger charge is 2.14. The molecule has 2 N–H and O–H groups in total. The SMILES string of the molecule is COc1ccc(Cc2ccc(C3=NCCN3N)cc2)cc1. The van der Waals surface area contributed by atoms with Crippen molar-refractivity contribution in [3.8, 4) is 5.75 Å². The normalized spacial score (nSPS) is 14.2. The van der Waals surface area contributed by atoms with Gasteiger partial charge in [-0.3, -0.25) is 10.0 Å². The minimum Gasteiger partial charge on any atom is -0.497 e. The molecular formula is C17H19N3O. The van der Waals surface area contributed by atoms with Gasteiger partial charge in [-0.05, 0) is 29.7 Å². The summed E-state index contributed by atoms with van der Waals surface area (Å²) in [5.41, 5.74) is 3.61. The fourth-order valence-electron chi connectivity index (χ4n) is 2.47. The van der Waals surface area contributed by atoms with Crippen LogP contribution in [0.4, 0.5) is 0 Å². The minimum absolute atomic E-state index is 0.777. The van der Waals surface area contributed by atoms with Gasteiger partial charge in [0.15, 0.2) is 0 Å². The fourth-order valence-corrected chi connectivity index (χ4v) is 2.47. The third-order valence-electron chi connectivity index (χ3n) is 3.65. The van der Waals surface area contributed by atoms with Crippen molar-refractivity contribution in [1.82, 2.24) is 5.01 Å². The van der Waals surface area contributed by atoms with Gasteiger partial charge in [0, 0.05) is 5.56 Å². The van der Waals surface area contributed by atoms with E-state index in [2.05, 4.69) is 41.4 Å². The van der Waals surface area contributed by atoms with Crippen LogP contribution in [0.3, 0.4) is 0 Å². The summed E-state index contributed by atoms with van der Waals surface area (Å²) in [6.45, 7) is 1.57. The van der Waals surface area contributed by atoms with Crippen molar-refractivity contribution in [2.75, 3.05) is 20.2 Å². The molecule has 1 aliphatic heterocycles. The smallest absolute Gasteiger partial charge is 0.145 e. The lowest BCUT2D eigenvalue weighted by Crippen LogP contribution is -2.34. The number of nitrogens with two attached hydrogens (primary N) is 1. The monoisotopic (exact) mass is 281 g/mol. The van der Waals surface area contributed by atoms with Crippen LogP contribution >= 0.6 is 0 Å². The number of aliphatic imine (C=N–C) groups is 1. The zero-order valence-electron chi connectivity index (χ0n) is 12.1. The van der Waals surface area contributed by atoms with Crippen LogP contribution in [-0.4, -0.2) is 31.0 Å². The second-order valence-corrected chi connectivity index (χ2v) is 5.12. The van der Waals surface area contributed by atoms with Gasteiger partial charge in [0.1, 0.15) is 11.6 Å². The molecule has 0 aromatic heterocycles. The molecular weight excluding hydrogens is 262 g/mol. The lowest BCUT2D eigenvalue weighted by molar-refractivity contribution is 0.414. The molecule has 0 saturated carbocycles. The Hall–Kier alpha value is -2.33. The first-order valence-electron chi connectivity index (χ1n) is 7.05. The van der Waals surface area contributed by atoms with Crippen LogP contribution in [0.1, 0.15) is 16.7 Å². The summed E-state index contributed by atoms with van der Waals surface area (Å²) in [6.07, 6.45) is 0.906. The highest BCUT2D eigenvalue weighted by Crippen LogP contribution is 2.16. The van der Waals surface area contributed by atoms with Crippen molar-refractivity contribution >= 4 is 5.84 Å². The van der Waals surface area contributed by atoms with Crippen LogP contribution in [0, 0.1) is 0 Å². The first-order valence-corrected chi connectivity index (χ1v) is 7.05. The van der Waals surface area contributed by atoms with E-state index in [1.165, 1.54) is 11.1 Å². The van der Waals surface area contributed by atoms with E-state index in [9.17, 15) is 0 Å². The molecule has 2 aromatic carbocycles. The maximum absolute atomic E-state index is 5.89. The molecule has 1 aliphatic rings. The average Bonchev–Trinajstić information content (AvgIpc) is 2.95. The lowest BCUT2D eigenvalue weighted by atomic mass is 10.0. The summed E-state index contributed by atoms with van der Waals surface area (Å²) in [6, 6.07) is 16.6. The lowest BCUT2D eigenvalue weighted by Gasteiger charge is -2.13. The molecule has 4 heteroatoms. The topological polar surface area (TPSA) is 50.8 Å². The molecule has 0 saturated heterocycles. The largest absolute Gasteiger partial charge is 0.497 e. The van der Waals surface area contributed by atoms with Gasteiger partial charge in [0.2, 0.25) is 0 Å². The Morgan fingerprint density at radius 2 is 1.67 bits per heavy atom. The first-order chi connectivity index (χ1) is 10.3. The standard InChI is InChI=1S/C17H19N3O/c1-21-16-8-4-14(5-9-16)12-13-2-6-15(7-3-13)17-19-10-11-20(17)18/h2-9H,10-12,18H2,1H3. The van der Waals surface area contributed by atoms with E-state index in [4.69, 9.17) is 10.6 Å². The Bertz CT molecular complexity index is 632. The van der Waals surface area contributed by atoms with Gasteiger partial charge in [-0.25, -0.2) is 5.84 Å². The Labute approximate surface area is 124 Å². The number of hydrazine groups is 1. The third-order valence-corrected chi connectivity index (χ3v) is 3.65. The second-order valence-electron chi connectivity index (χ2n) is 5.12. The summed E-state index contributed by atoms with van der Waals surface area (Å²) in [5.74, 6) is 7.66. The van der Waals surface area contributed by atoms with Crippen LogP contribution in [0.5, 0.6) is 5.75 Å². The molecule has 0 aliphatic carbocycles. The number of amidine groups is 1. The number of ether oxygens (including phenoxy) is 1. The van der Waals surface area contributed by atoms with E-state index >= 15 is 0 Å². The van der Waals surface area contributed by atoms with Gasteiger partial charge < -0.3 is 4.74 Å². The van der Waals surface area contributed by atoms with Crippen LogP contribution in [0.15, 0.2) is 53.5 Å². The summed E-state index contributed by atoms with van der Waals surface area (Å²) in [7, 11) is 1.68. The predicted molar refractivity (Wildman–Crippen MR) is 84.5 cm³/mol. The molecule has 0 amide bonds. The Kier molecular flexibility index (Phi) is 3.88. The molecule has 108 valence electrons. The van der Waals surface area contributed by atoms with Crippen LogP contribution < -0.4 is 10.6 Å². The maximum atomic E-state index is 5.89. The van der Waals surface area contributed by atoms with Gasteiger partial charge in [0.25, 0.3) is 0 Å². The number of hydrogen-bond donors (Lipinski definition) is 1. The number of hydrogen-bond acceptors (Lipinski definition) is 4.